The van der Waals surface area contributed by atoms with Crippen molar-refractivity contribution in [3.63, 3.8) is 0 Å². The monoisotopic (exact) mass is 267 g/mol. The van der Waals surface area contributed by atoms with Crippen LogP contribution in [-0.2, 0) is 9.47 Å². The van der Waals surface area contributed by atoms with Crippen LogP contribution in [0.1, 0.15) is 30.2 Å². The second kappa shape index (κ2) is 5.35. The fraction of sp³-hybridized carbons (Fsp3) is 0.643. The fourth-order valence-corrected chi connectivity index (χ4v) is 2.43. The number of carbonyl (C=O) groups is 1. The molecule has 19 heavy (non-hydrogen) atoms. The van der Waals surface area contributed by atoms with Gasteiger partial charge in [0.1, 0.15) is 5.76 Å². The molecular weight excluding hydrogens is 246 g/mol. The highest BCUT2D eigenvalue weighted by Crippen LogP contribution is 2.23. The van der Waals surface area contributed by atoms with Crippen molar-refractivity contribution in [2.24, 2.45) is 0 Å². The van der Waals surface area contributed by atoms with Gasteiger partial charge in [0.2, 0.25) is 0 Å². The lowest BCUT2D eigenvalue weighted by atomic mass is 10.0. The van der Waals surface area contributed by atoms with E-state index in [2.05, 4.69) is 0 Å². The van der Waals surface area contributed by atoms with E-state index in [1.807, 2.05) is 20.8 Å². The minimum Gasteiger partial charge on any atom is -0.456 e. The first-order valence-corrected chi connectivity index (χ1v) is 6.44. The predicted octanol–water partition coefficient (Wildman–Crippen LogP) is 1.85. The number of carbonyl (C=O) groups excluding carboxylic acids is 1. The van der Waals surface area contributed by atoms with Gasteiger partial charge in [0.25, 0.3) is 5.91 Å². The molecule has 1 fully saturated rings. The summed E-state index contributed by atoms with van der Waals surface area (Å²) in [6, 6.07) is 3.51. The van der Waals surface area contributed by atoms with E-state index in [1.165, 1.54) is 0 Å². The van der Waals surface area contributed by atoms with Crippen LogP contribution in [0.15, 0.2) is 16.5 Å². The van der Waals surface area contributed by atoms with Gasteiger partial charge in [-0.3, -0.25) is 4.79 Å². The van der Waals surface area contributed by atoms with Gasteiger partial charge in [-0.25, -0.2) is 0 Å². The number of ether oxygens (including phenoxy) is 2. The molecule has 1 aliphatic heterocycles. The van der Waals surface area contributed by atoms with Crippen molar-refractivity contribution in [3.05, 3.63) is 23.7 Å². The second-order valence-corrected chi connectivity index (χ2v) is 5.55. The van der Waals surface area contributed by atoms with Crippen molar-refractivity contribution in [2.45, 2.75) is 32.5 Å². The molecule has 5 heteroatoms. The third-order valence-corrected chi connectivity index (χ3v) is 3.07. The Hall–Kier alpha value is -1.33. The molecule has 2 rings (SSSR count). The summed E-state index contributed by atoms with van der Waals surface area (Å²) in [5.74, 6) is 1.03. The van der Waals surface area contributed by atoms with E-state index in [0.29, 0.717) is 25.5 Å². The zero-order valence-corrected chi connectivity index (χ0v) is 11.9. The molecule has 106 valence electrons. The van der Waals surface area contributed by atoms with E-state index >= 15 is 0 Å². The Labute approximate surface area is 113 Å². The first-order chi connectivity index (χ1) is 8.91. The lowest BCUT2D eigenvalue weighted by Gasteiger charge is -2.42. The van der Waals surface area contributed by atoms with Gasteiger partial charge in [-0.05, 0) is 32.9 Å². The van der Waals surface area contributed by atoms with Crippen LogP contribution in [-0.4, -0.2) is 49.3 Å². The van der Waals surface area contributed by atoms with Gasteiger partial charge >= 0.3 is 0 Å². The smallest absolute Gasteiger partial charge is 0.289 e. The molecule has 1 aromatic heterocycles. The molecular formula is C14H21NO4. The number of hydrogen-bond donors (Lipinski definition) is 0. The molecule has 1 amide bonds. The molecule has 1 unspecified atom stereocenters. The van der Waals surface area contributed by atoms with Gasteiger partial charge in [-0.1, -0.05) is 0 Å². The normalized spacial score (nSPS) is 22.5. The van der Waals surface area contributed by atoms with Gasteiger partial charge in [0.05, 0.1) is 18.3 Å². The van der Waals surface area contributed by atoms with Gasteiger partial charge in [0, 0.05) is 20.2 Å². The fourth-order valence-electron chi connectivity index (χ4n) is 2.43. The summed E-state index contributed by atoms with van der Waals surface area (Å²) in [7, 11) is 1.63. The Morgan fingerprint density at radius 2 is 2.26 bits per heavy atom. The second-order valence-electron chi connectivity index (χ2n) is 5.55. The summed E-state index contributed by atoms with van der Waals surface area (Å²) >= 11 is 0. The van der Waals surface area contributed by atoms with E-state index in [0.717, 1.165) is 5.76 Å². The average molecular weight is 267 g/mol. The Kier molecular flexibility index (Phi) is 3.96. The van der Waals surface area contributed by atoms with E-state index < -0.39 is 0 Å². The van der Waals surface area contributed by atoms with Crippen LogP contribution in [0.5, 0.6) is 0 Å². The number of rotatable bonds is 3. The van der Waals surface area contributed by atoms with E-state index in [-0.39, 0.29) is 17.6 Å². The molecule has 1 atom stereocenters. The third kappa shape index (κ3) is 3.36. The summed E-state index contributed by atoms with van der Waals surface area (Å²) in [5, 5.41) is 0. The molecule has 0 N–H and O–H groups in total. The summed E-state index contributed by atoms with van der Waals surface area (Å²) < 4.78 is 16.4. The summed E-state index contributed by atoms with van der Waals surface area (Å²) in [6.07, 6.45) is -0.103. The Morgan fingerprint density at radius 3 is 2.84 bits per heavy atom. The van der Waals surface area contributed by atoms with Crippen molar-refractivity contribution >= 4 is 5.91 Å². The number of nitrogens with zero attached hydrogens (tertiary/aromatic N) is 1. The van der Waals surface area contributed by atoms with Crippen LogP contribution in [0.2, 0.25) is 0 Å². The molecule has 0 saturated carbocycles. The number of methoxy groups -OCH3 is 1. The number of aryl methyl sites for hydroxylation is 1. The van der Waals surface area contributed by atoms with Crippen molar-refractivity contribution in [3.8, 4) is 0 Å². The van der Waals surface area contributed by atoms with E-state index in [1.54, 1.807) is 24.1 Å². The Bertz CT molecular complexity index is 452. The van der Waals surface area contributed by atoms with Gasteiger partial charge in [-0.2, -0.15) is 0 Å². The minimum absolute atomic E-state index is 0.0921. The van der Waals surface area contributed by atoms with Crippen LogP contribution < -0.4 is 0 Å². The molecule has 0 aliphatic carbocycles. The number of hydrogen-bond acceptors (Lipinski definition) is 4. The molecule has 0 spiro atoms. The van der Waals surface area contributed by atoms with Crippen molar-refractivity contribution in [1.82, 2.24) is 4.90 Å². The molecule has 0 aromatic carbocycles. The molecule has 0 bridgehead atoms. The predicted molar refractivity (Wildman–Crippen MR) is 70.2 cm³/mol. The topological polar surface area (TPSA) is 51.9 Å². The number of amides is 1. The lowest BCUT2D eigenvalue weighted by molar-refractivity contribution is -0.143. The molecule has 2 heterocycles. The van der Waals surface area contributed by atoms with Crippen LogP contribution in [0.25, 0.3) is 0 Å². The highest BCUT2D eigenvalue weighted by atomic mass is 16.5. The zero-order valence-electron chi connectivity index (χ0n) is 11.9. The van der Waals surface area contributed by atoms with Crippen LogP contribution in [0.3, 0.4) is 0 Å². The average Bonchev–Trinajstić information content (AvgIpc) is 2.73. The highest BCUT2D eigenvalue weighted by Gasteiger charge is 2.36. The highest BCUT2D eigenvalue weighted by molar-refractivity contribution is 5.91. The number of morpholine rings is 1. The molecule has 1 saturated heterocycles. The molecule has 5 nitrogen and oxygen atoms in total. The first kappa shape index (κ1) is 14.1. The minimum atomic E-state index is -0.376. The standard InChI is InChI=1S/C14H21NO4/c1-10-5-6-12(18-10)13(16)15-7-11(8-17-4)19-14(2,3)9-15/h5-6,11H,7-9H2,1-4H3. The largest absolute Gasteiger partial charge is 0.456 e. The number of furan rings is 1. The quantitative estimate of drug-likeness (QED) is 0.838. The van der Waals surface area contributed by atoms with Gasteiger partial charge in [0.15, 0.2) is 5.76 Å². The Balaban J connectivity index is 2.12. The van der Waals surface area contributed by atoms with Gasteiger partial charge < -0.3 is 18.8 Å². The van der Waals surface area contributed by atoms with Crippen molar-refractivity contribution < 1.29 is 18.7 Å². The molecule has 0 radical (unpaired) electrons. The zero-order chi connectivity index (χ0) is 14.0. The van der Waals surface area contributed by atoms with Crippen molar-refractivity contribution in [2.75, 3.05) is 26.8 Å². The SMILES string of the molecule is COCC1CN(C(=O)c2ccc(C)o2)CC(C)(C)O1. The third-order valence-electron chi connectivity index (χ3n) is 3.07. The summed E-state index contributed by atoms with van der Waals surface area (Å²) in [4.78, 5) is 14.2. The van der Waals surface area contributed by atoms with Crippen LogP contribution in [0.4, 0.5) is 0 Å². The lowest BCUT2D eigenvalue weighted by Crippen LogP contribution is -2.55. The van der Waals surface area contributed by atoms with Gasteiger partial charge in [-0.15, -0.1) is 0 Å². The summed E-state index contributed by atoms with van der Waals surface area (Å²) in [5.41, 5.74) is -0.376. The van der Waals surface area contributed by atoms with Crippen LogP contribution >= 0.6 is 0 Å². The maximum absolute atomic E-state index is 12.4. The molecule has 1 aromatic rings. The molecule has 1 aliphatic rings. The van der Waals surface area contributed by atoms with Crippen LogP contribution in [0, 0.1) is 6.92 Å². The maximum Gasteiger partial charge on any atom is 0.289 e. The van der Waals surface area contributed by atoms with Crippen molar-refractivity contribution in [1.29, 1.82) is 0 Å². The van der Waals surface area contributed by atoms with E-state index in [9.17, 15) is 4.79 Å². The van der Waals surface area contributed by atoms with E-state index in [4.69, 9.17) is 13.9 Å². The first-order valence-electron chi connectivity index (χ1n) is 6.44. The summed E-state index contributed by atoms with van der Waals surface area (Å²) in [6.45, 7) is 7.32. The Morgan fingerprint density at radius 1 is 1.53 bits per heavy atom. The maximum atomic E-state index is 12.4.